The Kier molecular flexibility index (Phi) is 7.69. The van der Waals surface area contributed by atoms with Crippen LogP contribution in [0.1, 0.15) is 55.1 Å². The number of nitrogen functional groups attached to an aromatic ring is 1. The number of nitrogens with two attached hydrogens (primary N) is 1. The smallest absolute Gasteiger partial charge is 0.319 e. The van der Waals surface area contributed by atoms with Crippen molar-refractivity contribution in [2.24, 2.45) is 0 Å². The molecule has 2 aliphatic rings. The summed E-state index contributed by atoms with van der Waals surface area (Å²) in [7, 11) is 2.09. The van der Waals surface area contributed by atoms with Crippen LogP contribution in [-0.4, -0.2) is 56.1 Å². The van der Waals surface area contributed by atoms with E-state index in [1.54, 1.807) is 10.7 Å². The molecule has 11 nitrogen and oxygen atoms in total. The third-order valence-corrected chi connectivity index (χ3v) is 9.97. The molecule has 1 fully saturated rings. The molecule has 1 saturated heterocycles. The van der Waals surface area contributed by atoms with Gasteiger partial charge in [0.05, 0.1) is 52.1 Å². The highest BCUT2D eigenvalue weighted by Crippen LogP contribution is 2.49. The molecule has 2 aromatic carbocycles. The van der Waals surface area contributed by atoms with Gasteiger partial charge in [-0.1, -0.05) is 22.9 Å². The van der Waals surface area contributed by atoms with Gasteiger partial charge < -0.3 is 25.4 Å². The van der Waals surface area contributed by atoms with Gasteiger partial charge in [-0.05, 0) is 63.0 Å². The van der Waals surface area contributed by atoms with Crippen molar-refractivity contribution in [3.8, 4) is 23.2 Å². The van der Waals surface area contributed by atoms with Gasteiger partial charge >= 0.3 is 6.01 Å². The summed E-state index contributed by atoms with van der Waals surface area (Å²) in [4.78, 5) is 11.9. The van der Waals surface area contributed by atoms with Gasteiger partial charge in [0.25, 0.3) is 0 Å². The quantitative estimate of drug-likeness (QED) is 0.205. The SMILES string of the molecule is CC(C)n1cc(CNc2nc(OC[C@@H]3CCCN3C)nc3c(Cl)c(-c4ccc(F)c5sc(N)c(C#N)c45)c4c(c23)COC4)nn1. The summed E-state index contributed by atoms with van der Waals surface area (Å²) >= 11 is 8.33. The molecule has 45 heavy (non-hydrogen) atoms. The minimum Gasteiger partial charge on any atom is -0.462 e. The molecule has 0 unspecified atom stereocenters. The summed E-state index contributed by atoms with van der Waals surface area (Å²) in [6, 6.07) is 5.79. The molecular formula is C31H31ClFN9O2S. The molecule has 0 amide bonds. The molecule has 2 aliphatic heterocycles. The van der Waals surface area contributed by atoms with Gasteiger partial charge in [0.2, 0.25) is 0 Å². The van der Waals surface area contributed by atoms with Crippen molar-refractivity contribution in [1.82, 2.24) is 29.9 Å². The zero-order valence-corrected chi connectivity index (χ0v) is 26.6. The number of rotatable bonds is 8. The standard InChI is InChI=1S/C31H31ClFN9O2S/c1-15(2)42-11-16(39-40-42)10-36-30-25-21-14-43-13-20(21)23(18-6-7-22(33)28-24(18)19(9-34)29(35)45-28)26(32)27(25)37-31(38-30)44-12-17-5-4-8-41(17)3/h6-7,11,15,17H,4-5,8,10,12-14,35H2,1-3H3,(H,36,37,38)/t17-/m0/s1. The molecule has 14 heteroatoms. The third-order valence-electron chi connectivity index (χ3n) is 8.58. The number of benzene rings is 2. The van der Waals surface area contributed by atoms with Crippen LogP contribution in [0.25, 0.3) is 32.1 Å². The van der Waals surface area contributed by atoms with Crippen molar-refractivity contribution in [2.45, 2.75) is 58.5 Å². The van der Waals surface area contributed by atoms with Crippen LogP contribution in [0.2, 0.25) is 5.02 Å². The van der Waals surface area contributed by atoms with Crippen molar-refractivity contribution >= 4 is 54.7 Å². The van der Waals surface area contributed by atoms with E-state index in [1.807, 2.05) is 20.0 Å². The molecule has 0 aliphatic carbocycles. The first kappa shape index (κ1) is 29.6. The van der Waals surface area contributed by atoms with Crippen molar-refractivity contribution in [2.75, 3.05) is 31.2 Å². The van der Waals surface area contributed by atoms with Gasteiger partial charge in [-0.3, -0.25) is 0 Å². The second kappa shape index (κ2) is 11.7. The fourth-order valence-corrected chi connectivity index (χ4v) is 7.48. The lowest BCUT2D eigenvalue weighted by atomic mass is 9.91. The summed E-state index contributed by atoms with van der Waals surface area (Å²) in [6.45, 7) is 6.45. The van der Waals surface area contributed by atoms with Crippen LogP contribution in [0, 0.1) is 17.1 Å². The number of likely N-dealkylation sites (N-methyl/N-ethyl adjacent to an activating group) is 1. The van der Waals surface area contributed by atoms with Crippen LogP contribution >= 0.6 is 22.9 Å². The Morgan fingerprint density at radius 2 is 2.09 bits per heavy atom. The Balaban J connectivity index is 1.41. The number of aromatic nitrogens is 5. The molecule has 5 heterocycles. The Bertz CT molecular complexity index is 2000. The van der Waals surface area contributed by atoms with Crippen molar-refractivity contribution in [3.05, 3.63) is 51.6 Å². The summed E-state index contributed by atoms with van der Waals surface area (Å²) in [5.41, 5.74) is 10.5. The van der Waals surface area contributed by atoms with Gasteiger partial charge in [-0.2, -0.15) is 15.2 Å². The van der Waals surface area contributed by atoms with Gasteiger partial charge in [-0.15, -0.1) is 16.4 Å². The fourth-order valence-electron chi connectivity index (χ4n) is 6.17. The van der Waals surface area contributed by atoms with Crippen LogP contribution in [0.4, 0.5) is 15.2 Å². The van der Waals surface area contributed by atoms with Crippen LogP contribution in [-0.2, 0) is 24.5 Å². The molecule has 0 saturated carbocycles. The summed E-state index contributed by atoms with van der Waals surface area (Å²) in [5, 5.41) is 23.6. The van der Waals surface area contributed by atoms with E-state index in [1.165, 1.54) is 6.07 Å². The average molecular weight is 648 g/mol. The minimum absolute atomic E-state index is 0.176. The number of nitrogens with zero attached hydrogens (tertiary/aromatic N) is 7. The molecule has 3 aromatic heterocycles. The highest BCUT2D eigenvalue weighted by atomic mass is 35.5. The van der Waals surface area contributed by atoms with Gasteiger partial charge in [-0.25, -0.2) is 9.07 Å². The molecule has 0 bridgehead atoms. The molecule has 3 N–H and O–H groups in total. The minimum atomic E-state index is -0.451. The Morgan fingerprint density at radius 3 is 2.82 bits per heavy atom. The molecule has 7 rings (SSSR count). The van der Waals surface area contributed by atoms with E-state index in [0.717, 1.165) is 47.5 Å². The molecule has 0 radical (unpaired) electrons. The van der Waals surface area contributed by atoms with Crippen LogP contribution in [0.5, 0.6) is 6.01 Å². The molecule has 5 aromatic rings. The van der Waals surface area contributed by atoms with E-state index in [9.17, 15) is 9.65 Å². The molecule has 0 spiro atoms. The largest absolute Gasteiger partial charge is 0.462 e. The van der Waals surface area contributed by atoms with Crippen molar-refractivity contribution < 1.29 is 13.9 Å². The number of fused-ring (bicyclic) bond motifs is 4. The van der Waals surface area contributed by atoms with E-state index >= 15 is 0 Å². The number of nitrogens with one attached hydrogen (secondary N) is 1. The monoisotopic (exact) mass is 647 g/mol. The topological polar surface area (TPSA) is 140 Å². The first-order valence-electron chi connectivity index (χ1n) is 14.8. The average Bonchev–Trinajstić information content (AvgIpc) is 3.83. The van der Waals surface area contributed by atoms with E-state index in [-0.39, 0.29) is 35.3 Å². The lowest BCUT2D eigenvalue weighted by molar-refractivity contribution is 0.135. The zero-order chi connectivity index (χ0) is 31.4. The highest BCUT2D eigenvalue weighted by Gasteiger charge is 2.30. The number of halogens is 2. The van der Waals surface area contributed by atoms with E-state index < -0.39 is 5.82 Å². The predicted octanol–water partition coefficient (Wildman–Crippen LogP) is 6.05. The Morgan fingerprint density at radius 1 is 1.27 bits per heavy atom. The second-order valence-corrected chi connectivity index (χ2v) is 13.1. The lowest BCUT2D eigenvalue weighted by Gasteiger charge is -2.21. The van der Waals surface area contributed by atoms with Gasteiger partial charge in [0.1, 0.15) is 35.0 Å². The maximum atomic E-state index is 15.0. The third kappa shape index (κ3) is 5.11. The molecule has 1 atom stereocenters. The van der Waals surface area contributed by atoms with E-state index in [4.69, 9.17) is 36.8 Å². The fraction of sp³-hybridized carbons (Fsp3) is 0.387. The van der Waals surface area contributed by atoms with Crippen molar-refractivity contribution in [3.63, 3.8) is 0 Å². The zero-order valence-electron chi connectivity index (χ0n) is 25.0. The number of nitriles is 1. The Hall–Kier alpha value is -4.09. The number of likely N-dealkylation sites (tertiary alicyclic amines) is 1. The summed E-state index contributed by atoms with van der Waals surface area (Å²) in [6.07, 6.45) is 4.03. The number of hydrogen-bond donors (Lipinski definition) is 2. The first-order valence-corrected chi connectivity index (χ1v) is 16.0. The molecular weight excluding hydrogens is 617 g/mol. The Labute approximate surface area is 267 Å². The first-order chi connectivity index (χ1) is 21.7. The number of thiophene rings is 1. The van der Waals surface area contributed by atoms with Gasteiger partial charge in [0, 0.05) is 23.0 Å². The highest BCUT2D eigenvalue weighted by molar-refractivity contribution is 7.23. The second-order valence-electron chi connectivity index (χ2n) is 11.7. The number of hydrogen-bond acceptors (Lipinski definition) is 11. The normalized spacial score (nSPS) is 16.6. The van der Waals surface area contributed by atoms with Crippen LogP contribution < -0.4 is 15.8 Å². The number of anilines is 2. The predicted molar refractivity (Wildman–Crippen MR) is 172 cm³/mol. The summed E-state index contributed by atoms with van der Waals surface area (Å²) < 4.78 is 29.3. The van der Waals surface area contributed by atoms with Gasteiger partial charge in [0.15, 0.2) is 0 Å². The molecule has 232 valence electrons. The van der Waals surface area contributed by atoms with Crippen LogP contribution in [0.15, 0.2) is 18.3 Å². The maximum absolute atomic E-state index is 15.0. The van der Waals surface area contributed by atoms with Crippen molar-refractivity contribution in [1.29, 1.82) is 5.26 Å². The lowest BCUT2D eigenvalue weighted by Crippen LogP contribution is -2.30. The number of ether oxygens (including phenoxy) is 2. The maximum Gasteiger partial charge on any atom is 0.319 e. The van der Waals surface area contributed by atoms with Crippen LogP contribution in [0.3, 0.4) is 0 Å². The summed E-state index contributed by atoms with van der Waals surface area (Å²) in [5.74, 6) is 0.0818. The van der Waals surface area contributed by atoms with E-state index in [0.29, 0.717) is 62.7 Å². The van der Waals surface area contributed by atoms with E-state index in [2.05, 4.69) is 33.6 Å².